The first-order valence-corrected chi connectivity index (χ1v) is 12.6. The molecule has 0 aromatic carbocycles. The van der Waals surface area contributed by atoms with E-state index in [1.54, 1.807) is 0 Å². The molecule has 1 aliphatic carbocycles. The Kier molecular flexibility index (Phi) is 6.96. The Morgan fingerprint density at radius 2 is 1.94 bits per heavy atom. The van der Waals surface area contributed by atoms with E-state index in [2.05, 4.69) is 20.4 Å². The van der Waals surface area contributed by atoms with E-state index in [0.29, 0.717) is 31.1 Å². The van der Waals surface area contributed by atoms with E-state index in [4.69, 9.17) is 18.9 Å². The van der Waals surface area contributed by atoms with Gasteiger partial charge in [0, 0.05) is 19.3 Å². The molecule has 1 unspecified atom stereocenters. The fourth-order valence-electron chi connectivity index (χ4n) is 7.07. The van der Waals surface area contributed by atoms with Crippen LogP contribution in [0.5, 0.6) is 0 Å². The number of aliphatic hydroxyl groups excluding tert-OH is 1. The van der Waals surface area contributed by atoms with Gasteiger partial charge in [-0.05, 0) is 55.4 Å². The maximum Gasteiger partial charge on any atom is 0.309 e. The van der Waals surface area contributed by atoms with E-state index in [1.165, 1.54) is 6.92 Å². The molecule has 186 valence electrons. The van der Waals surface area contributed by atoms with Crippen molar-refractivity contribution in [2.24, 2.45) is 35.5 Å². The van der Waals surface area contributed by atoms with Gasteiger partial charge in [-0.3, -0.25) is 9.59 Å². The summed E-state index contributed by atoms with van der Waals surface area (Å²) >= 11 is 0. The lowest BCUT2D eigenvalue weighted by Gasteiger charge is -2.47. The molecule has 4 rings (SSSR count). The number of carbonyl (C=O) groups excluding carboxylic acids is 2. The highest BCUT2D eigenvalue weighted by Crippen LogP contribution is 2.59. The molecule has 7 nitrogen and oxygen atoms in total. The fourth-order valence-corrected chi connectivity index (χ4v) is 7.07. The zero-order valence-corrected chi connectivity index (χ0v) is 20.6. The van der Waals surface area contributed by atoms with Crippen LogP contribution in [0.4, 0.5) is 0 Å². The number of carbonyl (C=O) groups is 2. The van der Waals surface area contributed by atoms with Crippen molar-refractivity contribution in [2.45, 2.75) is 90.3 Å². The summed E-state index contributed by atoms with van der Waals surface area (Å²) in [5.41, 5.74) is -0.292. The maximum atomic E-state index is 13.3. The maximum absolute atomic E-state index is 13.3. The number of esters is 2. The molecule has 0 amide bonds. The molecule has 7 heteroatoms. The minimum Gasteiger partial charge on any atom is -0.465 e. The third-order valence-corrected chi connectivity index (χ3v) is 8.70. The van der Waals surface area contributed by atoms with Gasteiger partial charge in [0.1, 0.15) is 11.7 Å². The topological polar surface area (TPSA) is 91.3 Å². The van der Waals surface area contributed by atoms with E-state index in [1.807, 2.05) is 13.8 Å². The van der Waals surface area contributed by atoms with Crippen molar-refractivity contribution in [3.63, 3.8) is 0 Å². The van der Waals surface area contributed by atoms with Crippen molar-refractivity contribution in [3.05, 3.63) is 12.2 Å². The monoisotopic (exact) mass is 464 g/mol. The second kappa shape index (κ2) is 9.31. The molecule has 0 radical (unpaired) electrons. The molecule has 3 aliphatic heterocycles. The molecule has 3 saturated heterocycles. The van der Waals surface area contributed by atoms with Crippen LogP contribution in [0.2, 0.25) is 0 Å². The highest BCUT2D eigenvalue weighted by Gasteiger charge is 2.66. The van der Waals surface area contributed by atoms with Gasteiger partial charge in [-0.2, -0.15) is 0 Å². The smallest absolute Gasteiger partial charge is 0.309 e. The molecule has 1 N–H and O–H groups in total. The van der Waals surface area contributed by atoms with Gasteiger partial charge in [0.15, 0.2) is 0 Å². The van der Waals surface area contributed by atoms with Crippen LogP contribution in [-0.4, -0.2) is 60.3 Å². The third kappa shape index (κ3) is 4.25. The van der Waals surface area contributed by atoms with Crippen molar-refractivity contribution < 1.29 is 33.6 Å². The normalized spacial score (nSPS) is 47.0. The molecular formula is C26H40O7. The van der Waals surface area contributed by atoms with Crippen LogP contribution >= 0.6 is 0 Å². The van der Waals surface area contributed by atoms with E-state index in [-0.39, 0.29) is 54.2 Å². The summed E-state index contributed by atoms with van der Waals surface area (Å²) in [6.45, 7) is 14.7. The number of hydrogen-bond donors (Lipinski definition) is 1. The molecule has 0 aromatic heterocycles. The summed E-state index contributed by atoms with van der Waals surface area (Å²) in [5, 5.41) is 10.9. The van der Waals surface area contributed by atoms with Crippen LogP contribution in [0.25, 0.3) is 0 Å². The fraction of sp³-hybridized carbons (Fsp3) is 0.846. The van der Waals surface area contributed by atoms with Gasteiger partial charge in [-0.25, -0.2) is 0 Å². The molecular weight excluding hydrogens is 424 g/mol. The minimum atomic E-state index is -0.934. The third-order valence-electron chi connectivity index (χ3n) is 8.70. The van der Waals surface area contributed by atoms with Crippen molar-refractivity contribution in [3.8, 4) is 0 Å². The summed E-state index contributed by atoms with van der Waals surface area (Å²) in [6, 6.07) is 0. The van der Waals surface area contributed by atoms with Crippen molar-refractivity contribution in [1.82, 2.24) is 0 Å². The molecule has 0 aromatic rings. The molecule has 3 heterocycles. The highest BCUT2D eigenvalue weighted by atomic mass is 16.6. The average molecular weight is 465 g/mol. The van der Waals surface area contributed by atoms with Gasteiger partial charge in [-0.1, -0.05) is 27.4 Å². The lowest BCUT2D eigenvalue weighted by atomic mass is 9.56. The SMILES string of the molecule is C=C1C[C@H]2O[C@@H]3[C@H]4C(C[C@@H](C)[C@@H](C(=O)OCCC)[C@H]42)[C@@H](C)CO[C@@]3(C)[C@H](OC(C)=O)C[C@H]1O. The predicted octanol–water partition coefficient (Wildman–Crippen LogP) is 3.28. The van der Waals surface area contributed by atoms with Crippen molar-refractivity contribution in [1.29, 1.82) is 0 Å². The van der Waals surface area contributed by atoms with E-state index >= 15 is 0 Å². The van der Waals surface area contributed by atoms with Crippen LogP contribution in [0.3, 0.4) is 0 Å². The molecule has 1 saturated carbocycles. The van der Waals surface area contributed by atoms with Crippen LogP contribution in [0, 0.1) is 35.5 Å². The Labute approximate surface area is 197 Å². The quantitative estimate of drug-likeness (QED) is 0.504. The minimum absolute atomic E-state index is 0.0587. The van der Waals surface area contributed by atoms with Crippen molar-refractivity contribution >= 4 is 11.9 Å². The molecule has 0 spiro atoms. The first-order chi connectivity index (χ1) is 15.6. The van der Waals surface area contributed by atoms with Crippen LogP contribution in [0.1, 0.15) is 60.3 Å². The average Bonchev–Trinajstić information content (AvgIpc) is 3.09. The Balaban J connectivity index is 1.81. The molecule has 33 heavy (non-hydrogen) atoms. The van der Waals surface area contributed by atoms with Gasteiger partial charge < -0.3 is 24.1 Å². The van der Waals surface area contributed by atoms with Gasteiger partial charge in [0.2, 0.25) is 0 Å². The van der Waals surface area contributed by atoms with Gasteiger partial charge >= 0.3 is 11.9 Å². The molecule has 11 atom stereocenters. The Bertz CT molecular complexity index is 781. The second-order valence-corrected chi connectivity index (χ2v) is 11.0. The Morgan fingerprint density at radius 3 is 2.61 bits per heavy atom. The van der Waals surface area contributed by atoms with Crippen LogP contribution in [0.15, 0.2) is 12.2 Å². The van der Waals surface area contributed by atoms with Gasteiger partial charge in [-0.15, -0.1) is 0 Å². The second-order valence-electron chi connectivity index (χ2n) is 11.0. The number of hydrogen-bond acceptors (Lipinski definition) is 7. The summed E-state index contributed by atoms with van der Waals surface area (Å²) in [4.78, 5) is 25.3. The summed E-state index contributed by atoms with van der Waals surface area (Å²) in [7, 11) is 0. The molecule has 4 fully saturated rings. The van der Waals surface area contributed by atoms with E-state index in [9.17, 15) is 14.7 Å². The lowest BCUT2D eigenvalue weighted by molar-refractivity contribution is -0.204. The zero-order chi connectivity index (χ0) is 24.1. The summed E-state index contributed by atoms with van der Waals surface area (Å²) in [5.74, 6) is -0.0766. The van der Waals surface area contributed by atoms with Crippen LogP contribution < -0.4 is 0 Å². The highest BCUT2D eigenvalue weighted by molar-refractivity contribution is 5.73. The van der Waals surface area contributed by atoms with Crippen molar-refractivity contribution in [2.75, 3.05) is 13.2 Å². The van der Waals surface area contributed by atoms with Gasteiger partial charge in [0.05, 0.1) is 37.4 Å². The predicted molar refractivity (Wildman–Crippen MR) is 121 cm³/mol. The molecule has 2 bridgehead atoms. The summed E-state index contributed by atoms with van der Waals surface area (Å²) < 4.78 is 24.7. The van der Waals surface area contributed by atoms with E-state index in [0.717, 1.165) is 12.8 Å². The standard InChI is InChI=1S/C26H40O7/c1-7-8-30-25(29)21-14(3)9-17-15(4)12-31-26(6)20(32-16(5)27)11-18(28)13(2)10-19-23(21)22(17)24(26)33-19/h14-15,17-24,28H,2,7-12H2,1,3-6H3/t14-,15+,17?,18-,19-,20-,21-,22+,23-,24-,26+/m1/s1. The zero-order valence-electron chi connectivity index (χ0n) is 20.6. The van der Waals surface area contributed by atoms with E-state index < -0.39 is 23.8 Å². The lowest BCUT2D eigenvalue weighted by Crippen LogP contribution is -2.57. The number of rotatable bonds is 4. The number of aliphatic hydroxyl groups is 1. The number of ether oxygens (including phenoxy) is 4. The first kappa shape index (κ1) is 24.7. The van der Waals surface area contributed by atoms with Crippen LogP contribution in [-0.2, 0) is 28.5 Å². The molecule has 4 aliphatic rings. The Morgan fingerprint density at radius 1 is 1.21 bits per heavy atom. The van der Waals surface area contributed by atoms with Gasteiger partial charge in [0.25, 0.3) is 0 Å². The first-order valence-electron chi connectivity index (χ1n) is 12.6. The largest absolute Gasteiger partial charge is 0.465 e. The number of fused-ring (bicyclic) bond motifs is 2. The Hall–Kier alpha value is -1.44. The summed E-state index contributed by atoms with van der Waals surface area (Å²) in [6.07, 6.45) is 0.224.